The molecular weight excluding hydrogens is 250 g/mol. The van der Waals surface area contributed by atoms with Crippen LogP contribution in [-0.4, -0.2) is 59.9 Å². The Balaban J connectivity index is 1.95. The van der Waals surface area contributed by atoms with Crippen molar-refractivity contribution in [2.24, 2.45) is 7.05 Å². The van der Waals surface area contributed by atoms with Gasteiger partial charge in [0.05, 0.1) is 6.54 Å². The smallest absolute Gasteiger partial charge is 0.178 e. The maximum atomic E-state index is 12.4. The van der Waals surface area contributed by atoms with E-state index in [4.69, 9.17) is 0 Å². The molecule has 0 radical (unpaired) electrons. The highest BCUT2D eigenvalue weighted by Gasteiger charge is 2.23. The third-order valence-electron chi connectivity index (χ3n) is 4.68. The molecule has 112 valence electrons. The van der Waals surface area contributed by atoms with E-state index in [2.05, 4.69) is 28.5 Å². The molecule has 1 aromatic rings. The first-order valence-electron chi connectivity index (χ1n) is 7.45. The van der Waals surface area contributed by atoms with Gasteiger partial charge in [-0.3, -0.25) is 9.69 Å². The lowest BCUT2D eigenvalue weighted by atomic mass is 10.1. The second-order valence-corrected chi connectivity index (χ2v) is 6.24. The highest BCUT2D eigenvalue weighted by atomic mass is 16.1. The number of carbonyl (C=O) groups excluding carboxylic acids is 1. The number of likely N-dealkylation sites (N-methyl/N-ethyl adjacent to an activating group) is 2. The monoisotopic (exact) mass is 277 g/mol. The van der Waals surface area contributed by atoms with Gasteiger partial charge in [-0.15, -0.1) is 0 Å². The Labute approximate surface area is 122 Å². The van der Waals surface area contributed by atoms with Gasteiger partial charge < -0.3 is 9.47 Å². The van der Waals surface area contributed by atoms with Crippen molar-refractivity contribution in [2.45, 2.75) is 32.7 Å². The van der Waals surface area contributed by atoms with Gasteiger partial charge in [-0.2, -0.15) is 0 Å². The van der Waals surface area contributed by atoms with Crippen molar-refractivity contribution in [2.75, 3.05) is 33.7 Å². The summed E-state index contributed by atoms with van der Waals surface area (Å²) in [7, 11) is 6.24. The number of nitrogens with zero attached hydrogens (tertiary/aromatic N) is 3. The lowest BCUT2D eigenvalue weighted by molar-refractivity contribution is 0.0931. The normalized spacial score (nSPS) is 20.0. The van der Waals surface area contributed by atoms with Gasteiger partial charge in [-0.1, -0.05) is 0 Å². The van der Waals surface area contributed by atoms with Crippen molar-refractivity contribution in [3.63, 3.8) is 0 Å². The van der Waals surface area contributed by atoms with Gasteiger partial charge in [0.25, 0.3) is 0 Å². The minimum atomic E-state index is 0.231. The van der Waals surface area contributed by atoms with Crippen molar-refractivity contribution in [1.29, 1.82) is 0 Å². The van der Waals surface area contributed by atoms with Crippen LogP contribution in [0.1, 0.15) is 34.6 Å². The van der Waals surface area contributed by atoms with E-state index >= 15 is 0 Å². The third kappa shape index (κ3) is 3.13. The summed E-state index contributed by atoms with van der Waals surface area (Å²) in [4.78, 5) is 17.0. The Morgan fingerprint density at radius 2 is 2.10 bits per heavy atom. The van der Waals surface area contributed by atoms with Crippen LogP contribution in [0.25, 0.3) is 0 Å². The predicted octanol–water partition coefficient (Wildman–Crippen LogP) is 1.85. The lowest BCUT2D eigenvalue weighted by Crippen LogP contribution is -2.38. The molecule has 1 aliphatic rings. The topological polar surface area (TPSA) is 28.5 Å². The van der Waals surface area contributed by atoms with E-state index in [0.29, 0.717) is 12.6 Å². The first kappa shape index (κ1) is 15.3. The number of aromatic nitrogens is 1. The summed E-state index contributed by atoms with van der Waals surface area (Å²) in [6.07, 6.45) is 2.53. The van der Waals surface area contributed by atoms with Crippen molar-refractivity contribution >= 4 is 5.78 Å². The van der Waals surface area contributed by atoms with Crippen LogP contribution in [-0.2, 0) is 7.05 Å². The predicted molar refractivity (Wildman–Crippen MR) is 82.4 cm³/mol. The van der Waals surface area contributed by atoms with Gasteiger partial charge in [0.15, 0.2) is 5.78 Å². The molecule has 0 amide bonds. The standard InChI is InChI=1S/C16H27N3O/c1-12-9-15(13(2)19(12)5)16(20)11-17(3)10-14-7-6-8-18(14)4/h9,14H,6-8,10-11H2,1-5H3. The van der Waals surface area contributed by atoms with E-state index < -0.39 is 0 Å². The van der Waals surface area contributed by atoms with Crippen molar-refractivity contribution in [1.82, 2.24) is 14.4 Å². The van der Waals surface area contributed by atoms with E-state index in [1.807, 2.05) is 27.0 Å². The summed E-state index contributed by atoms with van der Waals surface area (Å²) >= 11 is 0. The minimum absolute atomic E-state index is 0.231. The van der Waals surface area contributed by atoms with Crippen LogP contribution in [0.4, 0.5) is 0 Å². The fourth-order valence-corrected chi connectivity index (χ4v) is 3.10. The number of ketones is 1. The van der Waals surface area contributed by atoms with Gasteiger partial charge in [-0.05, 0) is 53.4 Å². The average Bonchev–Trinajstić information content (AvgIpc) is 2.89. The quantitative estimate of drug-likeness (QED) is 0.769. The molecule has 1 aliphatic heterocycles. The molecule has 1 fully saturated rings. The molecule has 1 aromatic heterocycles. The van der Waals surface area contributed by atoms with Gasteiger partial charge >= 0.3 is 0 Å². The number of Topliss-reactive ketones (excluding diaryl/α,β-unsaturated/α-hetero) is 1. The molecule has 4 heteroatoms. The van der Waals surface area contributed by atoms with Crippen molar-refractivity contribution in [3.05, 3.63) is 23.0 Å². The van der Waals surface area contributed by atoms with E-state index in [0.717, 1.165) is 23.5 Å². The zero-order valence-electron chi connectivity index (χ0n) is 13.4. The zero-order valence-corrected chi connectivity index (χ0v) is 13.4. The fourth-order valence-electron chi connectivity index (χ4n) is 3.10. The molecule has 1 saturated heterocycles. The molecule has 2 heterocycles. The maximum Gasteiger partial charge on any atom is 0.178 e. The third-order valence-corrected chi connectivity index (χ3v) is 4.68. The van der Waals surface area contributed by atoms with E-state index in [1.165, 1.54) is 19.4 Å². The fraction of sp³-hybridized carbons (Fsp3) is 0.688. The van der Waals surface area contributed by atoms with Crippen LogP contribution in [0.2, 0.25) is 0 Å². The molecule has 0 saturated carbocycles. The summed E-state index contributed by atoms with van der Waals surface area (Å²) in [5.41, 5.74) is 3.08. The minimum Gasteiger partial charge on any atom is -0.351 e. The Morgan fingerprint density at radius 1 is 1.40 bits per heavy atom. The number of hydrogen-bond acceptors (Lipinski definition) is 3. The number of rotatable bonds is 5. The molecule has 0 N–H and O–H groups in total. The van der Waals surface area contributed by atoms with E-state index in [-0.39, 0.29) is 5.78 Å². The molecule has 0 bridgehead atoms. The average molecular weight is 277 g/mol. The van der Waals surface area contributed by atoms with Gasteiger partial charge in [0.2, 0.25) is 0 Å². The van der Waals surface area contributed by atoms with Crippen molar-refractivity contribution < 1.29 is 4.79 Å². The molecule has 0 aromatic carbocycles. The van der Waals surface area contributed by atoms with Crippen LogP contribution in [0, 0.1) is 13.8 Å². The Morgan fingerprint density at radius 3 is 2.60 bits per heavy atom. The summed E-state index contributed by atoms with van der Waals surface area (Å²) in [5.74, 6) is 0.231. The number of aryl methyl sites for hydroxylation is 1. The van der Waals surface area contributed by atoms with Crippen LogP contribution in [0.5, 0.6) is 0 Å². The SMILES string of the molecule is Cc1cc(C(=O)CN(C)CC2CCCN2C)c(C)n1C. The molecule has 2 rings (SSSR count). The molecule has 0 aliphatic carbocycles. The molecule has 4 nitrogen and oxygen atoms in total. The van der Waals surface area contributed by atoms with Crippen LogP contribution in [0.15, 0.2) is 6.07 Å². The number of carbonyl (C=O) groups is 1. The van der Waals surface area contributed by atoms with E-state index in [9.17, 15) is 4.79 Å². The summed E-state index contributed by atoms with van der Waals surface area (Å²) in [6.45, 7) is 6.73. The summed E-state index contributed by atoms with van der Waals surface area (Å²) in [6, 6.07) is 2.61. The molecule has 0 spiro atoms. The first-order valence-corrected chi connectivity index (χ1v) is 7.45. The Bertz CT molecular complexity index is 492. The highest BCUT2D eigenvalue weighted by molar-refractivity contribution is 5.99. The second kappa shape index (κ2) is 6.10. The van der Waals surface area contributed by atoms with Gasteiger partial charge in [-0.25, -0.2) is 0 Å². The molecule has 1 unspecified atom stereocenters. The molecular formula is C16H27N3O. The van der Waals surface area contributed by atoms with Crippen molar-refractivity contribution in [3.8, 4) is 0 Å². The molecule has 20 heavy (non-hydrogen) atoms. The number of likely N-dealkylation sites (tertiary alicyclic amines) is 1. The Hall–Kier alpha value is -1.13. The highest BCUT2D eigenvalue weighted by Crippen LogP contribution is 2.17. The van der Waals surface area contributed by atoms with Crippen LogP contribution in [0.3, 0.4) is 0 Å². The van der Waals surface area contributed by atoms with Crippen LogP contribution >= 0.6 is 0 Å². The molecule has 1 atom stereocenters. The van der Waals surface area contributed by atoms with E-state index in [1.54, 1.807) is 0 Å². The van der Waals surface area contributed by atoms with Gasteiger partial charge in [0.1, 0.15) is 0 Å². The van der Waals surface area contributed by atoms with Gasteiger partial charge in [0, 0.05) is 36.6 Å². The number of hydrogen-bond donors (Lipinski definition) is 0. The summed E-state index contributed by atoms with van der Waals surface area (Å²) < 4.78 is 2.08. The van der Waals surface area contributed by atoms with Crippen LogP contribution < -0.4 is 0 Å². The maximum absolute atomic E-state index is 12.4. The zero-order chi connectivity index (χ0) is 14.9. The Kier molecular flexibility index (Phi) is 4.66. The first-order chi connectivity index (χ1) is 9.40. The largest absolute Gasteiger partial charge is 0.351 e. The summed E-state index contributed by atoms with van der Waals surface area (Å²) in [5, 5.41) is 0. The lowest BCUT2D eigenvalue weighted by Gasteiger charge is -2.25. The second-order valence-electron chi connectivity index (χ2n) is 6.24.